The average molecular weight is 251 g/mol. The Labute approximate surface area is 103 Å². The first-order chi connectivity index (χ1) is 8.50. The Morgan fingerprint density at radius 3 is 2.44 bits per heavy atom. The van der Waals surface area contributed by atoms with Crippen molar-refractivity contribution < 1.29 is 19.5 Å². The molecule has 7 nitrogen and oxygen atoms in total. The van der Waals surface area contributed by atoms with E-state index in [0.717, 1.165) is 0 Å². The molecule has 2 amide bonds. The lowest BCUT2D eigenvalue weighted by Crippen LogP contribution is -2.41. The second kappa shape index (κ2) is 6.33. The number of carboxylic acids is 1. The molecule has 0 spiro atoms. The van der Waals surface area contributed by atoms with Crippen molar-refractivity contribution in [3.63, 3.8) is 0 Å². The van der Waals surface area contributed by atoms with Gasteiger partial charge in [-0.05, 0) is 18.6 Å². The van der Waals surface area contributed by atoms with Crippen molar-refractivity contribution >= 4 is 17.8 Å². The molecule has 0 bridgehead atoms. The Bertz CT molecular complexity index is 447. The molecule has 1 atom stereocenters. The molecule has 0 unspecified atom stereocenters. The number of aliphatic carboxylic acids is 1. The molecule has 0 saturated carbocycles. The molecule has 1 aromatic rings. The number of rotatable bonds is 6. The largest absolute Gasteiger partial charge is 0.480 e. The van der Waals surface area contributed by atoms with Gasteiger partial charge in [-0.1, -0.05) is 0 Å². The molecule has 1 aromatic heterocycles. The maximum absolute atomic E-state index is 11.7. The zero-order valence-electron chi connectivity index (χ0n) is 9.50. The Hall–Kier alpha value is -2.44. The Kier molecular flexibility index (Phi) is 4.79. The van der Waals surface area contributed by atoms with Crippen LogP contribution < -0.4 is 11.1 Å². The molecule has 0 aliphatic rings. The number of nitrogens with zero attached hydrogens (tertiary/aromatic N) is 1. The van der Waals surface area contributed by atoms with E-state index in [1.54, 1.807) is 0 Å². The number of hydrogen-bond donors (Lipinski definition) is 3. The van der Waals surface area contributed by atoms with E-state index >= 15 is 0 Å². The molecular weight excluding hydrogens is 238 g/mol. The fraction of sp³-hybridized carbons (Fsp3) is 0.273. The summed E-state index contributed by atoms with van der Waals surface area (Å²) in [7, 11) is 0. The smallest absolute Gasteiger partial charge is 0.326 e. The molecule has 0 aliphatic carbocycles. The summed E-state index contributed by atoms with van der Waals surface area (Å²) in [6, 6.07) is 1.78. The summed E-state index contributed by atoms with van der Waals surface area (Å²) in [5.41, 5.74) is 5.23. The average Bonchev–Trinajstić information content (AvgIpc) is 2.34. The number of nitrogens with one attached hydrogen (secondary N) is 1. The van der Waals surface area contributed by atoms with Crippen molar-refractivity contribution in [2.45, 2.75) is 18.9 Å². The molecule has 4 N–H and O–H groups in total. The summed E-state index contributed by atoms with van der Waals surface area (Å²) in [5.74, 6) is -2.35. The monoisotopic (exact) mass is 251 g/mol. The summed E-state index contributed by atoms with van der Waals surface area (Å²) in [4.78, 5) is 36.9. The van der Waals surface area contributed by atoms with Gasteiger partial charge in [-0.3, -0.25) is 14.6 Å². The van der Waals surface area contributed by atoms with Gasteiger partial charge in [0, 0.05) is 24.4 Å². The first-order valence-corrected chi connectivity index (χ1v) is 5.22. The third-order valence-corrected chi connectivity index (χ3v) is 2.23. The van der Waals surface area contributed by atoms with Gasteiger partial charge >= 0.3 is 5.97 Å². The molecule has 7 heteroatoms. The topological polar surface area (TPSA) is 122 Å². The summed E-state index contributed by atoms with van der Waals surface area (Å²) in [6.45, 7) is 0. The van der Waals surface area contributed by atoms with E-state index < -0.39 is 23.8 Å². The van der Waals surface area contributed by atoms with Crippen LogP contribution in [0.2, 0.25) is 0 Å². The van der Waals surface area contributed by atoms with Gasteiger partial charge in [-0.25, -0.2) is 4.79 Å². The fourth-order valence-electron chi connectivity index (χ4n) is 1.29. The van der Waals surface area contributed by atoms with Gasteiger partial charge in [0.2, 0.25) is 5.91 Å². The Morgan fingerprint density at radius 2 is 1.94 bits per heavy atom. The number of primary amides is 1. The summed E-state index contributed by atoms with van der Waals surface area (Å²) in [5, 5.41) is 11.2. The number of pyridine rings is 1. The number of carbonyl (C=O) groups is 3. The highest BCUT2D eigenvalue weighted by atomic mass is 16.4. The lowest BCUT2D eigenvalue weighted by atomic mass is 10.1. The van der Waals surface area contributed by atoms with Crippen LogP contribution in [-0.2, 0) is 9.59 Å². The summed E-state index contributed by atoms with van der Waals surface area (Å²) in [6.07, 6.45) is 2.71. The minimum Gasteiger partial charge on any atom is -0.480 e. The molecule has 18 heavy (non-hydrogen) atoms. The molecule has 0 aliphatic heterocycles. The Balaban J connectivity index is 2.64. The molecular formula is C11H13N3O4. The molecule has 1 rings (SSSR count). The number of aromatic nitrogens is 1. The zero-order valence-corrected chi connectivity index (χ0v) is 9.50. The van der Waals surface area contributed by atoms with Gasteiger partial charge in [0.05, 0.1) is 0 Å². The van der Waals surface area contributed by atoms with Crippen LogP contribution in [0.4, 0.5) is 0 Å². The quantitative estimate of drug-likeness (QED) is 0.630. The van der Waals surface area contributed by atoms with Crippen LogP contribution in [0.15, 0.2) is 24.5 Å². The zero-order chi connectivity index (χ0) is 13.5. The minimum absolute atomic E-state index is 0.0402. The van der Waals surface area contributed by atoms with Crippen LogP contribution in [0.1, 0.15) is 23.2 Å². The van der Waals surface area contributed by atoms with Crippen molar-refractivity contribution in [1.29, 1.82) is 0 Å². The highest BCUT2D eigenvalue weighted by Gasteiger charge is 2.20. The maximum Gasteiger partial charge on any atom is 0.326 e. The van der Waals surface area contributed by atoms with Crippen LogP contribution in [0.25, 0.3) is 0 Å². The maximum atomic E-state index is 11.7. The van der Waals surface area contributed by atoms with E-state index in [1.807, 2.05) is 0 Å². The molecule has 1 heterocycles. The molecule has 0 saturated heterocycles. The van der Waals surface area contributed by atoms with Crippen LogP contribution in [0.3, 0.4) is 0 Å². The highest BCUT2D eigenvalue weighted by molar-refractivity contribution is 5.96. The molecule has 0 aromatic carbocycles. The van der Waals surface area contributed by atoms with Gasteiger partial charge < -0.3 is 16.2 Å². The lowest BCUT2D eigenvalue weighted by Gasteiger charge is -2.13. The summed E-state index contributed by atoms with van der Waals surface area (Å²) < 4.78 is 0. The molecule has 0 radical (unpaired) electrons. The van der Waals surface area contributed by atoms with Crippen molar-refractivity contribution in [3.8, 4) is 0 Å². The first kappa shape index (κ1) is 13.6. The number of carbonyl (C=O) groups excluding carboxylic acids is 2. The van der Waals surface area contributed by atoms with Crippen LogP contribution in [0.5, 0.6) is 0 Å². The third-order valence-electron chi connectivity index (χ3n) is 2.23. The van der Waals surface area contributed by atoms with E-state index in [0.29, 0.717) is 5.56 Å². The van der Waals surface area contributed by atoms with Crippen molar-refractivity contribution in [3.05, 3.63) is 30.1 Å². The number of hydrogen-bond acceptors (Lipinski definition) is 4. The Morgan fingerprint density at radius 1 is 1.33 bits per heavy atom. The number of nitrogens with two attached hydrogens (primary N) is 1. The van der Waals surface area contributed by atoms with E-state index in [4.69, 9.17) is 10.8 Å². The van der Waals surface area contributed by atoms with Gasteiger partial charge in [0.1, 0.15) is 6.04 Å². The fourth-order valence-corrected chi connectivity index (χ4v) is 1.29. The predicted octanol–water partition coefficient (Wildman–Crippen LogP) is -0.470. The second-order valence-electron chi connectivity index (χ2n) is 3.61. The molecule has 0 fully saturated rings. The lowest BCUT2D eigenvalue weighted by molar-refractivity contribution is -0.139. The minimum atomic E-state index is -1.21. The van der Waals surface area contributed by atoms with Crippen LogP contribution in [0, 0.1) is 0 Å². The van der Waals surface area contributed by atoms with Gasteiger partial charge in [0.25, 0.3) is 5.91 Å². The summed E-state index contributed by atoms with van der Waals surface area (Å²) >= 11 is 0. The van der Waals surface area contributed by atoms with Crippen molar-refractivity contribution in [1.82, 2.24) is 10.3 Å². The number of carboxylic acid groups (broad SMARTS) is 1. The van der Waals surface area contributed by atoms with E-state index in [2.05, 4.69) is 10.3 Å². The molecule has 96 valence electrons. The van der Waals surface area contributed by atoms with Crippen molar-refractivity contribution in [2.75, 3.05) is 0 Å². The standard InChI is InChI=1S/C11H13N3O4/c12-9(15)2-1-8(11(17)18)14-10(16)7-3-5-13-6-4-7/h3-6,8H,1-2H2,(H2,12,15)(H,14,16)(H,17,18)/t8-/m1/s1. The van der Waals surface area contributed by atoms with E-state index in [1.165, 1.54) is 24.5 Å². The normalized spacial score (nSPS) is 11.6. The van der Waals surface area contributed by atoms with Gasteiger partial charge in [-0.2, -0.15) is 0 Å². The van der Waals surface area contributed by atoms with E-state index in [9.17, 15) is 14.4 Å². The van der Waals surface area contributed by atoms with Crippen LogP contribution >= 0.6 is 0 Å². The van der Waals surface area contributed by atoms with Crippen molar-refractivity contribution in [2.24, 2.45) is 5.73 Å². The van der Waals surface area contributed by atoms with Gasteiger partial charge in [-0.15, -0.1) is 0 Å². The second-order valence-corrected chi connectivity index (χ2v) is 3.61. The third kappa shape index (κ3) is 4.20. The first-order valence-electron chi connectivity index (χ1n) is 5.22. The predicted molar refractivity (Wildman–Crippen MR) is 61.6 cm³/mol. The van der Waals surface area contributed by atoms with E-state index in [-0.39, 0.29) is 12.8 Å². The highest BCUT2D eigenvalue weighted by Crippen LogP contribution is 2.01. The SMILES string of the molecule is NC(=O)CC[C@@H](NC(=O)c1ccncc1)C(=O)O. The van der Waals surface area contributed by atoms with Crippen LogP contribution in [-0.4, -0.2) is 33.9 Å². The number of amides is 2. The van der Waals surface area contributed by atoms with Gasteiger partial charge in [0.15, 0.2) is 0 Å².